The lowest BCUT2D eigenvalue weighted by Gasteiger charge is -2.21. The molecule has 0 bridgehead atoms. The number of rotatable bonds is 7. The zero-order valence-electron chi connectivity index (χ0n) is 17.2. The van der Waals surface area contributed by atoms with E-state index in [1.54, 1.807) is 31.4 Å². The van der Waals surface area contributed by atoms with Gasteiger partial charge in [-0.05, 0) is 54.4 Å². The van der Waals surface area contributed by atoms with Crippen molar-refractivity contribution in [2.75, 3.05) is 17.7 Å². The van der Waals surface area contributed by atoms with Crippen LogP contribution in [-0.4, -0.2) is 35.3 Å². The van der Waals surface area contributed by atoms with Gasteiger partial charge in [0.05, 0.1) is 7.11 Å². The lowest BCUT2D eigenvalue weighted by molar-refractivity contribution is -0.118. The summed E-state index contributed by atoms with van der Waals surface area (Å²) in [5.74, 6) is 0.216. The quantitative estimate of drug-likeness (QED) is 0.476. The molecule has 3 amide bonds. The van der Waals surface area contributed by atoms with E-state index in [2.05, 4.69) is 26.1 Å². The standard InChI is InChI=1S/C21H22ClN5O3S/c1-12(2)17(24-20(29)23-15-8-6-14(22)7-9-15)18(28)25-21-27-26-19(31-21)13-4-10-16(30-3)11-5-13/h4-12,17H,1-3H3,(H2,23,24,29)(H,25,27,28). The van der Waals surface area contributed by atoms with Crippen LogP contribution in [0.4, 0.5) is 15.6 Å². The fourth-order valence-corrected chi connectivity index (χ4v) is 3.56. The van der Waals surface area contributed by atoms with E-state index in [1.165, 1.54) is 11.3 Å². The molecule has 0 aliphatic heterocycles. The van der Waals surface area contributed by atoms with Gasteiger partial charge in [-0.25, -0.2) is 4.79 Å². The molecular weight excluding hydrogens is 438 g/mol. The van der Waals surface area contributed by atoms with E-state index in [9.17, 15) is 9.59 Å². The largest absolute Gasteiger partial charge is 0.497 e. The smallest absolute Gasteiger partial charge is 0.319 e. The predicted octanol–water partition coefficient (Wildman–Crippen LogP) is 4.65. The van der Waals surface area contributed by atoms with Gasteiger partial charge in [0.25, 0.3) is 0 Å². The highest BCUT2D eigenvalue weighted by atomic mass is 35.5. The summed E-state index contributed by atoms with van der Waals surface area (Å²) in [6.07, 6.45) is 0. The number of carbonyl (C=O) groups is 2. The number of anilines is 2. The number of hydrogen-bond donors (Lipinski definition) is 3. The van der Waals surface area contributed by atoms with E-state index < -0.39 is 12.1 Å². The summed E-state index contributed by atoms with van der Waals surface area (Å²) in [5.41, 5.74) is 1.43. The van der Waals surface area contributed by atoms with Crippen molar-refractivity contribution in [1.82, 2.24) is 15.5 Å². The number of nitrogens with zero attached hydrogens (tertiary/aromatic N) is 2. The molecule has 1 unspecified atom stereocenters. The molecule has 1 aromatic heterocycles. The molecule has 0 aliphatic rings. The van der Waals surface area contributed by atoms with Crippen molar-refractivity contribution >= 4 is 45.7 Å². The van der Waals surface area contributed by atoms with Gasteiger partial charge in [-0.15, -0.1) is 10.2 Å². The average Bonchev–Trinajstić information content (AvgIpc) is 3.22. The zero-order valence-corrected chi connectivity index (χ0v) is 18.8. The molecule has 0 radical (unpaired) electrons. The van der Waals surface area contributed by atoms with Gasteiger partial charge in [0.15, 0.2) is 0 Å². The predicted molar refractivity (Wildman–Crippen MR) is 123 cm³/mol. The summed E-state index contributed by atoms with van der Waals surface area (Å²) < 4.78 is 5.15. The van der Waals surface area contributed by atoms with E-state index in [4.69, 9.17) is 16.3 Å². The lowest BCUT2D eigenvalue weighted by atomic mass is 10.0. The molecular formula is C21H22ClN5O3S. The van der Waals surface area contributed by atoms with Crippen LogP contribution < -0.4 is 20.7 Å². The van der Waals surface area contributed by atoms with Crippen LogP contribution in [-0.2, 0) is 4.79 Å². The first-order valence-corrected chi connectivity index (χ1v) is 10.7. The van der Waals surface area contributed by atoms with Gasteiger partial charge < -0.3 is 15.4 Å². The number of nitrogens with one attached hydrogen (secondary N) is 3. The van der Waals surface area contributed by atoms with E-state index in [-0.39, 0.29) is 11.8 Å². The number of urea groups is 1. The number of hydrogen-bond acceptors (Lipinski definition) is 6. The van der Waals surface area contributed by atoms with Crippen molar-refractivity contribution < 1.29 is 14.3 Å². The third-order valence-corrected chi connectivity index (χ3v) is 5.47. The second kappa shape index (κ2) is 10.2. The van der Waals surface area contributed by atoms with Crippen molar-refractivity contribution in [1.29, 1.82) is 0 Å². The van der Waals surface area contributed by atoms with Crippen LogP contribution >= 0.6 is 22.9 Å². The van der Waals surface area contributed by atoms with Crippen LogP contribution in [0.5, 0.6) is 5.75 Å². The summed E-state index contributed by atoms with van der Waals surface area (Å²) >= 11 is 7.09. The van der Waals surface area contributed by atoms with Gasteiger partial charge in [-0.2, -0.15) is 0 Å². The first kappa shape index (κ1) is 22.5. The van der Waals surface area contributed by atoms with Crippen molar-refractivity contribution in [2.45, 2.75) is 19.9 Å². The highest BCUT2D eigenvalue weighted by Crippen LogP contribution is 2.28. The van der Waals surface area contributed by atoms with Crippen molar-refractivity contribution in [3.05, 3.63) is 53.6 Å². The van der Waals surface area contributed by atoms with Gasteiger partial charge in [0.2, 0.25) is 11.0 Å². The van der Waals surface area contributed by atoms with Crippen LogP contribution in [0.1, 0.15) is 13.8 Å². The molecule has 162 valence electrons. The monoisotopic (exact) mass is 459 g/mol. The van der Waals surface area contributed by atoms with Gasteiger partial charge in [-0.1, -0.05) is 36.8 Å². The fraction of sp³-hybridized carbons (Fsp3) is 0.238. The lowest BCUT2D eigenvalue weighted by Crippen LogP contribution is -2.48. The van der Waals surface area contributed by atoms with Gasteiger partial charge in [0, 0.05) is 16.3 Å². The van der Waals surface area contributed by atoms with Crippen LogP contribution in [0.2, 0.25) is 5.02 Å². The molecule has 0 spiro atoms. The minimum atomic E-state index is -0.763. The van der Waals surface area contributed by atoms with E-state index >= 15 is 0 Å². The highest BCUT2D eigenvalue weighted by molar-refractivity contribution is 7.18. The topological polar surface area (TPSA) is 105 Å². The maximum Gasteiger partial charge on any atom is 0.319 e. The highest BCUT2D eigenvalue weighted by Gasteiger charge is 2.25. The summed E-state index contributed by atoms with van der Waals surface area (Å²) in [5, 5.41) is 17.9. The zero-order chi connectivity index (χ0) is 22.4. The summed E-state index contributed by atoms with van der Waals surface area (Å²) in [6, 6.07) is 12.8. The molecule has 3 N–H and O–H groups in total. The van der Waals surface area contributed by atoms with Crippen LogP contribution in [0.25, 0.3) is 10.6 Å². The van der Waals surface area contributed by atoms with Crippen LogP contribution in [0.15, 0.2) is 48.5 Å². The Kier molecular flexibility index (Phi) is 7.43. The van der Waals surface area contributed by atoms with E-state index in [0.717, 1.165) is 11.3 Å². The Bertz CT molecular complexity index is 1040. The Morgan fingerprint density at radius 1 is 1.00 bits per heavy atom. The fourth-order valence-electron chi connectivity index (χ4n) is 2.68. The number of carbonyl (C=O) groups excluding carboxylic acids is 2. The molecule has 1 heterocycles. The molecule has 3 aromatic rings. The molecule has 3 rings (SSSR count). The first-order valence-electron chi connectivity index (χ1n) is 9.47. The number of amides is 3. The minimum Gasteiger partial charge on any atom is -0.497 e. The Morgan fingerprint density at radius 2 is 1.68 bits per heavy atom. The van der Waals surface area contributed by atoms with Gasteiger partial charge in [0.1, 0.15) is 16.8 Å². The molecule has 31 heavy (non-hydrogen) atoms. The molecule has 8 nitrogen and oxygen atoms in total. The normalized spacial score (nSPS) is 11.6. The molecule has 0 saturated heterocycles. The Labute approximate surface area is 189 Å². The van der Waals surface area contributed by atoms with E-state index in [1.807, 2.05) is 38.1 Å². The summed E-state index contributed by atoms with van der Waals surface area (Å²) in [6.45, 7) is 3.69. The van der Waals surface area contributed by atoms with Crippen molar-refractivity contribution in [3.63, 3.8) is 0 Å². The molecule has 0 fully saturated rings. The number of benzene rings is 2. The second-order valence-electron chi connectivity index (χ2n) is 6.96. The van der Waals surface area contributed by atoms with Crippen LogP contribution in [0.3, 0.4) is 0 Å². The second-order valence-corrected chi connectivity index (χ2v) is 8.37. The molecule has 1 atom stereocenters. The maximum absolute atomic E-state index is 12.8. The number of halogens is 1. The number of aromatic nitrogens is 2. The van der Waals surface area contributed by atoms with Crippen molar-refractivity contribution in [2.24, 2.45) is 5.92 Å². The third kappa shape index (κ3) is 6.16. The SMILES string of the molecule is COc1ccc(-c2nnc(NC(=O)C(NC(=O)Nc3ccc(Cl)cc3)C(C)C)s2)cc1. The Morgan fingerprint density at radius 3 is 2.29 bits per heavy atom. The summed E-state index contributed by atoms with van der Waals surface area (Å²) in [7, 11) is 1.60. The Hall–Kier alpha value is -3.17. The molecule has 0 aliphatic carbocycles. The molecule has 10 heteroatoms. The van der Waals surface area contributed by atoms with Gasteiger partial charge >= 0.3 is 6.03 Å². The summed E-state index contributed by atoms with van der Waals surface area (Å²) in [4.78, 5) is 25.1. The first-order chi connectivity index (χ1) is 14.9. The average molecular weight is 460 g/mol. The minimum absolute atomic E-state index is 0.148. The molecule has 0 saturated carbocycles. The van der Waals surface area contributed by atoms with Crippen molar-refractivity contribution in [3.8, 4) is 16.3 Å². The van der Waals surface area contributed by atoms with E-state index in [0.29, 0.717) is 20.8 Å². The van der Waals surface area contributed by atoms with Gasteiger partial charge in [-0.3, -0.25) is 10.1 Å². The van der Waals surface area contributed by atoms with Crippen LogP contribution in [0, 0.1) is 5.92 Å². The Balaban J connectivity index is 1.63. The third-order valence-electron chi connectivity index (χ3n) is 4.33. The maximum atomic E-state index is 12.8. The molecule has 2 aromatic carbocycles. The number of methoxy groups -OCH3 is 1. The number of ether oxygens (including phenoxy) is 1.